The van der Waals surface area contributed by atoms with Crippen LogP contribution in [-0.2, 0) is 4.74 Å². The SMILES string of the molecule is COc1ccc2cc([C@@H]3CN(CCCCCCO)CCO3)ccc2c1. The number of hydrogen-bond acceptors (Lipinski definition) is 4. The van der Waals surface area contributed by atoms with E-state index in [1.807, 2.05) is 6.07 Å². The third kappa shape index (κ3) is 4.94. The first-order chi connectivity index (χ1) is 12.3. The minimum atomic E-state index is 0.151. The number of benzene rings is 2. The second kappa shape index (κ2) is 9.18. The van der Waals surface area contributed by atoms with Crippen LogP contribution in [0.1, 0.15) is 37.4 Å². The van der Waals surface area contributed by atoms with Crippen molar-refractivity contribution in [1.29, 1.82) is 0 Å². The summed E-state index contributed by atoms with van der Waals surface area (Å²) in [5.74, 6) is 0.890. The number of ether oxygens (including phenoxy) is 2. The Balaban J connectivity index is 1.60. The molecule has 2 aromatic rings. The number of morpholine rings is 1. The molecule has 3 rings (SSSR count). The number of unbranched alkanes of at least 4 members (excludes halogenated alkanes) is 3. The van der Waals surface area contributed by atoms with E-state index >= 15 is 0 Å². The second-order valence-corrected chi connectivity index (χ2v) is 6.77. The Morgan fingerprint density at radius 1 is 1.08 bits per heavy atom. The van der Waals surface area contributed by atoms with Gasteiger partial charge in [-0.2, -0.15) is 0 Å². The van der Waals surface area contributed by atoms with Gasteiger partial charge in [-0.05, 0) is 53.9 Å². The summed E-state index contributed by atoms with van der Waals surface area (Å²) < 4.78 is 11.3. The van der Waals surface area contributed by atoms with Crippen molar-refractivity contribution in [3.05, 3.63) is 42.0 Å². The molecule has 1 fully saturated rings. The normalized spacial score (nSPS) is 18.6. The van der Waals surface area contributed by atoms with Crippen molar-refractivity contribution in [1.82, 2.24) is 4.90 Å². The van der Waals surface area contributed by atoms with Crippen LogP contribution in [0.2, 0.25) is 0 Å². The zero-order valence-corrected chi connectivity index (χ0v) is 15.1. The van der Waals surface area contributed by atoms with E-state index in [-0.39, 0.29) is 6.10 Å². The molecule has 0 aliphatic carbocycles. The Morgan fingerprint density at radius 2 is 1.88 bits per heavy atom. The highest BCUT2D eigenvalue weighted by Gasteiger charge is 2.21. The number of hydrogen-bond donors (Lipinski definition) is 1. The van der Waals surface area contributed by atoms with E-state index in [4.69, 9.17) is 14.6 Å². The minimum absolute atomic E-state index is 0.151. The van der Waals surface area contributed by atoms with Gasteiger partial charge in [-0.15, -0.1) is 0 Å². The van der Waals surface area contributed by atoms with Gasteiger partial charge in [-0.3, -0.25) is 4.90 Å². The third-order valence-electron chi connectivity index (χ3n) is 4.98. The van der Waals surface area contributed by atoms with E-state index in [2.05, 4.69) is 35.2 Å². The van der Waals surface area contributed by atoms with Crippen LogP contribution in [0.15, 0.2) is 36.4 Å². The zero-order valence-electron chi connectivity index (χ0n) is 15.1. The number of nitrogens with zero attached hydrogens (tertiary/aromatic N) is 1. The fourth-order valence-corrected chi connectivity index (χ4v) is 3.48. The van der Waals surface area contributed by atoms with Crippen LogP contribution in [0.4, 0.5) is 0 Å². The topological polar surface area (TPSA) is 41.9 Å². The van der Waals surface area contributed by atoms with Crippen molar-refractivity contribution >= 4 is 10.8 Å². The highest BCUT2D eigenvalue weighted by Crippen LogP contribution is 2.28. The van der Waals surface area contributed by atoms with Crippen LogP contribution >= 0.6 is 0 Å². The standard InChI is InChI=1S/C21H29NO3/c1-24-20-9-8-17-14-19(7-6-18(17)15-20)21-16-22(11-13-25-21)10-4-2-3-5-12-23/h6-9,14-15,21,23H,2-5,10-13,16H2,1H3/t21-/m0/s1. The maximum absolute atomic E-state index is 8.85. The van der Waals surface area contributed by atoms with E-state index in [0.717, 1.165) is 44.8 Å². The maximum atomic E-state index is 8.85. The molecule has 0 amide bonds. The molecule has 1 saturated heterocycles. The highest BCUT2D eigenvalue weighted by molar-refractivity contribution is 5.84. The summed E-state index contributed by atoms with van der Waals surface area (Å²) in [5, 5.41) is 11.3. The van der Waals surface area contributed by atoms with Gasteiger partial charge in [0.2, 0.25) is 0 Å². The van der Waals surface area contributed by atoms with Gasteiger partial charge in [0.1, 0.15) is 5.75 Å². The van der Waals surface area contributed by atoms with Gasteiger partial charge in [-0.25, -0.2) is 0 Å². The molecule has 0 saturated carbocycles. The van der Waals surface area contributed by atoms with Crippen LogP contribution in [0, 0.1) is 0 Å². The quantitative estimate of drug-likeness (QED) is 0.741. The molecule has 0 aromatic heterocycles. The van der Waals surface area contributed by atoms with Crippen molar-refractivity contribution in [2.75, 3.05) is 40.0 Å². The lowest BCUT2D eigenvalue weighted by Crippen LogP contribution is -2.38. The van der Waals surface area contributed by atoms with Crippen LogP contribution in [-0.4, -0.2) is 50.0 Å². The molecule has 0 spiro atoms. The maximum Gasteiger partial charge on any atom is 0.119 e. The second-order valence-electron chi connectivity index (χ2n) is 6.77. The Labute approximate surface area is 150 Å². The molecule has 136 valence electrons. The van der Waals surface area contributed by atoms with Gasteiger partial charge >= 0.3 is 0 Å². The number of rotatable bonds is 8. The summed E-state index contributed by atoms with van der Waals surface area (Å²) in [6.45, 7) is 4.20. The Bertz CT molecular complexity index is 673. The first-order valence-electron chi connectivity index (χ1n) is 9.32. The molecule has 0 bridgehead atoms. The van der Waals surface area contributed by atoms with Gasteiger partial charge in [0, 0.05) is 19.7 Å². The van der Waals surface area contributed by atoms with Gasteiger partial charge in [-0.1, -0.05) is 31.0 Å². The smallest absolute Gasteiger partial charge is 0.119 e. The molecule has 1 atom stereocenters. The molecule has 2 aromatic carbocycles. The monoisotopic (exact) mass is 343 g/mol. The number of aliphatic hydroxyl groups is 1. The lowest BCUT2D eigenvalue weighted by Gasteiger charge is -2.33. The Kier molecular flexibility index (Phi) is 6.68. The summed E-state index contributed by atoms with van der Waals surface area (Å²) in [6, 6.07) is 12.8. The molecule has 1 heterocycles. The van der Waals surface area contributed by atoms with Crippen molar-refractivity contribution in [3.8, 4) is 5.75 Å². The summed E-state index contributed by atoms with van der Waals surface area (Å²) in [5.41, 5.74) is 1.25. The van der Waals surface area contributed by atoms with E-state index in [1.54, 1.807) is 7.11 Å². The highest BCUT2D eigenvalue weighted by atomic mass is 16.5. The van der Waals surface area contributed by atoms with Crippen LogP contribution in [0.3, 0.4) is 0 Å². The number of aliphatic hydroxyl groups excluding tert-OH is 1. The van der Waals surface area contributed by atoms with E-state index in [0.29, 0.717) is 6.61 Å². The van der Waals surface area contributed by atoms with Crippen LogP contribution < -0.4 is 4.74 Å². The Hall–Kier alpha value is -1.62. The minimum Gasteiger partial charge on any atom is -0.497 e. The van der Waals surface area contributed by atoms with Crippen molar-refractivity contribution in [2.45, 2.75) is 31.8 Å². The van der Waals surface area contributed by atoms with Crippen molar-refractivity contribution < 1.29 is 14.6 Å². The molecule has 0 unspecified atom stereocenters. The van der Waals surface area contributed by atoms with Gasteiger partial charge in [0.25, 0.3) is 0 Å². The largest absolute Gasteiger partial charge is 0.497 e. The van der Waals surface area contributed by atoms with E-state index < -0.39 is 0 Å². The third-order valence-corrected chi connectivity index (χ3v) is 4.98. The zero-order chi connectivity index (χ0) is 17.5. The molecule has 1 aliphatic heterocycles. The molecule has 0 radical (unpaired) electrons. The molecule has 1 N–H and O–H groups in total. The lowest BCUT2D eigenvalue weighted by molar-refractivity contribution is -0.0303. The molecular formula is C21H29NO3. The molecule has 1 aliphatic rings. The lowest BCUT2D eigenvalue weighted by atomic mass is 10.0. The predicted molar refractivity (Wildman–Crippen MR) is 101 cm³/mol. The summed E-state index contributed by atoms with van der Waals surface area (Å²) in [4.78, 5) is 2.51. The van der Waals surface area contributed by atoms with Crippen LogP contribution in [0.5, 0.6) is 5.75 Å². The first kappa shape index (κ1) is 18.2. The van der Waals surface area contributed by atoms with Gasteiger partial charge < -0.3 is 14.6 Å². The summed E-state index contributed by atoms with van der Waals surface area (Å²) in [7, 11) is 1.70. The fourth-order valence-electron chi connectivity index (χ4n) is 3.48. The van der Waals surface area contributed by atoms with Crippen LogP contribution in [0.25, 0.3) is 10.8 Å². The predicted octanol–water partition coefficient (Wildman–Crippen LogP) is 3.77. The molecule has 25 heavy (non-hydrogen) atoms. The first-order valence-corrected chi connectivity index (χ1v) is 9.32. The average molecular weight is 343 g/mol. The van der Waals surface area contributed by atoms with E-state index in [1.165, 1.54) is 29.2 Å². The fraction of sp³-hybridized carbons (Fsp3) is 0.524. The number of methoxy groups -OCH3 is 1. The summed E-state index contributed by atoms with van der Waals surface area (Å²) >= 11 is 0. The van der Waals surface area contributed by atoms with Gasteiger partial charge in [0.15, 0.2) is 0 Å². The van der Waals surface area contributed by atoms with Gasteiger partial charge in [0.05, 0.1) is 19.8 Å². The number of fused-ring (bicyclic) bond motifs is 1. The summed E-state index contributed by atoms with van der Waals surface area (Å²) in [6.07, 6.45) is 4.59. The van der Waals surface area contributed by atoms with E-state index in [9.17, 15) is 0 Å². The Morgan fingerprint density at radius 3 is 2.72 bits per heavy atom. The molecular weight excluding hydrogens is 314 g/mol. The molecule has 4 heteroatoms. The average Bonchev–Trinajstić information content (AvgIpc) is 2.67. The van der Waals surface area contributed by atoms with Crippen molar-refractivity contribution in [2.24, 2.45) is 0 Å². The molecule has 4 nitrogen and oxygen atoms in total. The van der Waals surface area contributed by atoms with Crippen molar-refractivity contribution in [3.63, 3.8) is 0 Å².